The third kappa shape index (κ3) is 5.83. The van der Waals surface area contributed by atoms with Crippen LogP contribution >= 0.6 is 22.9 Å². The molecule has 0 spiro atoms. The van der Waals surface area contributed by atoms with Crippen LogP contribution in [0.5, 0.6) is 10.8 Å². The molecule has 0 fully saturated rings. The number of anilines is 2. The summed E-state index contributed by atoms with van der Waals surface area (Å²) in [6.45, 7) is 0. The van der Waals surface area contributed by atoms with E-state index >= 15 is 0 Å². The minimum Gasteiger partial charge on any atom is -0.445 e. The maximum atomic E-state index is 12.9. The number of amides is 3. The van der Waals surface area contributed by atoms with Crippen LogP contribution < -0.4 is 20.7 Å². The summed E-state index contributed by atoms with van der Waals surface area (Å²) in [5.41, 5.74) is -1.01. The number of hydrogen-bond acceptors (Lipinski definition) is 6. The molecule has 0 atom stereocenters. The van der Waals surface area contributed by atoms with Crippen molar-refractivity contribution >= 4 is 45.7 Å². The first-order valence-corrected chi connectivity index (χ1v) is 9.61. The van der Waals surface area contributed by atoms with Crippen molar-refractivity contribution in [3.05, 3.63) is 59.0 Å². The zero-order valence-electron chi connectivity index (χ0n) is 15.6. The second-order valence-corrected chi connectivity index (χ2v) is 7.21. The highest BCUT2D eigenvalue weighted by Crippen LogP contribution is 2.36. The molecule has 13 heteroatoms. The summed E-state index contributed by atoms with van der Waals surface area (Å²) < 4.78 is 44.4. The van der Waals surface area contributed by atoms with E-state index < -0.39 is 22.8 Å². The van der Waals surface area contributed by atoms with Crippen molar-refractivity contribution in [2.24, 2.45) is 0 Å². The van der Waals surface area contributed by atoms with Gasteiger partial charge in [0, 0.05) is 25.0 Å². The van der Waals surface area contributed by atoms with Crippen LogP contribution in [0.3, 0.4) is 0 Å². The zero-order valence-corrected chi connectivity index (χ0v) is 17.2. The van der Waals surface area contributed by atoms with E-state index in [1.54, 1.807) is 0 Å². The average molecular weight is 472 g/mol. The lowest BCUT2D eigenvalue weighted by Crippen LogP contribution is -2.19. The van der Waals surface area contributed by atoms with E-state index in [9.17, 15) is 22.8 Å². The molecule has 0 saturated carbocycles. The van der Waals surface area contributed by atoms with Gasteiger partial charge in [0.05, 0.1) is 16.8 Å². The summed E-state index contributed by atoms with van der Waals surface area (Å²) in [4.78, 5) is 31.6. The molecule has 0 aliphatic rings. The van der Waals surface area contributed by atoms with E-state index in [0.717, 1.165) is 23.5 Å². The van der Waals surface area contributed by atoms with Crippen LogP contribution in [0.4, 0.5) is 28.8 Å². The fourth-order valence-electron chi connectivity index (χ4n) is 2.29. The van der Waals surface area contributed by atoms with Gasteiger partial charge in [-0.15, -0.1) is 0 Å². The number of ether oxygens (including phenoxy) is 1. The van der Waals surface area contributed by atoms with Gasteiger partial charge in [-0.1, -0.05) is 22.9 Å². The molecule has 0 radical (unpaired) electrons. The summed E-state index contributed by atoms with van der Waals surface area (Å²) in [5.74, 6) is -0.0567. The largest absolute Gasteiger partial charge is 0.445 e. The van der Waals surface area contributed by atoms with Crippen molar-refractivity contribution in [2.45, 2.75) is 6.18 Å². The van der Waals surface area contributed by atoms with Crippen LogP contribution in [0.15, 0.2) is 42.7 Å². The molecule has 162 valence electrons. The van der Waals surface area contributed by atoms with Crippen LogP contribution in [-0.2, 0) is 6.18 Å². The molecule has 3 rings (SSSR count). The summed E-state index contributed by atoms with van der Waals surface area (Å²) in [7, 11) is 1.47. The van der Waals surface area contributed by atoms with Gasteiger partial charge in [0.15, 0.2) is 5.13 Å². The van der Waals surface area contributed by atoms with Gasteiger partial charge >= 0.3 is 12.2 Å². The van der Waals surface area contributed by atoms with Gasteiger partial charge < -0.3 is 15.4 Å². The van der Waals surface area contributed by atoms with E-state index in [1.165, 1.54) is 37.6 Å². The first kappa shape index (κ1) is 22.3. The second kappa shape index (κ2) is 9.18. The lowest BCUT2D eigenvalue weighted by molar-refractivity contribution is -0.137. The number of nitrogens with zero attached hydrogens (tertiary/aromatic N) is 2. The Bertz CT molecular complexity index is 1120. The molecule has 0 bridgehead atoms. The highest BCUT2D eigenvalue weighted by Gasteiger charge is 2.33. The number of pyridine rings is 1. The monoisotopic (exact) mass is 471 g/mol. The molecule has 2 aromatic heterocycles. The first-order valence-electron chi connectivity index (χ1n) is 8.42. The maximum absolute atomic E-state index is 12.9. The van der Waals surface area contributed by atoms with Crippen LogP contribution in [0, 0.1) is 0 Å². The van der Waals surface area contributed by atoms with E-state index in [-0.39, 0.29) is 22.4 Å². The molecule has 0 unspecified atom stereocenters. The smallest absolute Gasteiger partial charge is 0.417 e. The van der Waals surface area contributed by atoms with Gasteiger partial charge in [-0.25, -0.2) is 9.78 Å². The Hall–Kier alpha value is -3.38. The third-order valence-electron chi connectivity index (χ3n) is 3.64. The minimum atomic E-state index is -4.66. The predicted octanol–water partition coefficient (Wildman–Crippen LogP) is 5.01. The van der Waals surface area contributed by atoms with Crippen LogP contribution in [0.25, 0.3) is 0 Å². The third-order valence-corrected chi connectivity index (χ3v) is 4.76. The molecular weight excluding hydrogens is 459 g/mol. The lowest BCUT2D eigenvalue weighted by atomic mass is 10.2. The van der Waals surface area contributed by atoms with Crippen molar-refractivity contribution in [1.29, 1.82) is 0 Å². The maximum Gasteiger partial charge on any atom is 0.417 e. The van der Waals surface area contributed by atoms with Crippen LogP contribution in [0.1, 0.15) is 16.1 Å². The van der Waals surface area contributed by atoms with E-state index in [0.29, 0.717) is 10.8 Å². The summed E-state index contributed by atoms with van der Waals surface area (Å²) in [6, 6.07) is 5.16. The Morgan fingerprint density at radius 2 is 1.90 bits per heavy atom. The summed E-state index contributed by atoms with van der Waals surface area (Å²) in [5, 5.41) is 7.08. The molecule has 2 heterocycles. The number of thiazole rings is 1. The Kier molecular flexibility index (Phi) is 6.61. The molecule has 3 amide bonds. The fourth-order valence-corrected chi connectivity index (χ4v) is 3.19. The number of benzene rings is 1. The van der Waals surface area contributed by atoms with Gasteiger partial charge in [0.2, 0.25) is 5.06 Å². The van der Waals surface area contributed by atoms with Crippen molar-refractivity contribution in [3.63, 3.8) is 0 Å². The van der Waals surface area contributed by atoms with Crippen molar-refractivity contribution < 1.29 is 27.5 Å². The average Bonchev–Trinajstić information content (AvgIpc) is 3.14. The van der Waals surface area contributed by atoms with Crippen LogP contribution in [0.2, 0.25) is 5.02 Å². The summed E-state index contributed by atoms with van der Waals surface area (Å²) in [6.07, 6.45) is -1.92. The Morgan fingerprint density at radius 3 is 2.61 bits per heavy atom. The minimum absolute atomic E-state index is 0.0965. The Labute approximate surface area is 182 Å². The van der Waals surface area contributed by atoms with Gasteiger partial charge in [0.25, 0.3) is 5.91 Å². The number of rotatable bonds is 5. The van der Waals surface area contributed by atoms with Crippen molar-refractivity contribution in [3.8, 4) is 10.8 Å². The number of carbonyl (C=O) groups is 2. The van der Waals surface area contributed by atoms with Gasteiger partial charge in [-0.05, 0) is 24.3 Å². The molecule has 3 aromatic rings. The molecule has 3 N–H and O–H groups in total. The highest BCUT2D eigenvalue weighted by atomic mass is 35.5. The number of nitrogens with one attached hydrogen (secondary N) is 3. The first-order chi connectivity index (χ1) is 14.7. The van der Waals surface area contributed by atoms with E-state index in [2.05, 4.69) is 25.9 Å². The number of carbonyl (C=O) groups excluding carboxylic acids is 2. The lowest BCUT2D eigenvalue weighted by Gasteiger charge is -2.11. The van der Waals surface area contributed by atoms with Crippen LogP contribution in [-0.4, -0.2) is 29.0 Å². The summed E-state index contributed by atoms with van der Waals surface area (Å²) >= 11 is 6.52. The van der Waals surface area contributed by atoms with Crippen molar-refractivity contribution in [1.82, 2.24) is 15.3 Å². The topological polar surface area (TPSA) is 105 Å². The molecule has 1 aromatic carbocycles. The molecular formula is C18H13ClF3N5O3S. The van der Waals surface area contributed by atoms with E-state index in [4.69, 9.17) is 16.3 Å². The molecule has 0 aliphatic heterocycles. The quantitative estimate of drug-likeness (QED) is 0.485. The standard InChI is InChI=1S/C18H13ClF3N5O3S/c1-23-15(28)13-7-10(4-5-24-13)30-14-8-25-17(31-14)27-16(29)26-9-2-3-12(19)11(6-9)18(20,21)22/h2-8H,1H3,(H,23,28)(H2,25,26,27,29). The van der Waals surface area contributed by atoms with Gasteiger partial charge in [0.1, 0.15) is 11.4 Å². The molecule has 0 aliphatic carbocycles. The number of hydrogen-bond donors (Lipinski definition) is 3. The normalized spacial score (nSPS) is 11.0. The van der Waals surface area contributed by atoms with Gasteiger partial charge in [-0.2, -0.15) is 13.2 Å². The molecule has 8 nitrogen and oxygen atoms in total. The Balaban J connectivity index is 1.64. The number of halogens is 4. The second-order valence-electron chi connectivity index (χ2n) is 5.81. The predicted molar refractivity (Wildman–Crippen MR) is 109 cm³/mol. The number of alkyl halides is 3. The highest BCUT2D eigenvalue weighted by molar-refractivity contribution is 7.17. The Morgan fingerprint density at radius 1 is 1.13 bits per heavy atom. The molecule has 31 heavy (non-hydrogen) atoms. The SMILES string of the molecule is CNC(=O)c1cc(Oc2cnc(NC(=O)Nc3ccc(Cl)c(C(F)(F)F)c3)s2)ccn1. The number of aromatic nitrogens is 2. The fraction of sp³-hybridized carbons (Fsp3) is 0.111. The molecule has 0 saturated heterocycles. The zero-order chi connectivity index (χ0) is 22.6. The van der Waals surface area contributed by atoms with E-state index in [1.807, 2.05) is 0 Å². The van der Waals surface area contributed by atoms with Crippen molar-refractivity contribution in [2.75, 3.05) is 17.7 Å². The van der Waals surface area contributed by atoms with Gasteiger partial charge in [-0.3, -0.25) is 15.1 Å². The number of urea groups is 1.